The van der Waals surface area contributed by atoms with Gasteiger partial charge >= 0.3 is 0 Å². The number of rotatable bonds is 7. The van der Waals surface area contributed by atoms with Gasteiger partial charge in [0.15, 0.2) is 0 Å². The van der Waals surface area contributed by atoms with Crippen molar-refractivity contribution in [2.45, 2.75) is 24.2 Å². The molecule has 1 aliphatic heterocycles. The second-order valence-electron chi connectivity index (χ2n) is 5.77. The lowest BCUT2D eigenvalue weighted by Crippen LogP contribution is -2.35. The molecule has 0 unspecified atom stereocenters. The van der Waals surface area contributed by atoms with Crippen molar-refractivity contribution < 1.29 is 21.6 Å². The molecule has 0 spiro atoms. The predicted octanol–water partition coefficient (Wildman–Crippen LogP) is 0.140. The fourth-order valence-electron chi connectivity index (χ4n) is 2.54. The summed E-state index contributed by atoms with van der Waals surface area (Å²) in [4.78, 5) is 12.2. The first-order valence-corrected chi connectivity index (χ1v) is 11.1. The smallest absolute Gasteiger partial charge is 0.251 e. The maximum absolute atomic E-state index is 12.5. The van der Waals surface area contributed by atoms with E-state index in [1.807, 2.05) is 0 Å². The van der Waals surface area contributed by atoms with Crippen molar-refractivity contribution >= 4 is 26.0 Å². The maximum atomic E-state index is 12.5. The lowest BCUT2D eigenvalue weighted by atomic mass is 10.2. The summed E-state index contributed by atoms with van der Waals surface area (Å²) in [6.07, 6.45) is 2.75. The summed E-state index contributed by atoms with van der Waals surface area (Å²) in [6, 6.07) is 5.67. The van der Waals surface area contributed by atoms with Gasteiger partial charge in [-0.25, -0.2) is 21.6 Å². The van der Waals surface area contributed by atoms with E-state index < -0.39 is 26.0 Å². The quantitative estimate of drug-likeness (QED) is 0.689. The van der Waals surface area contributed by atoms with Gasteiger partial charge in [0.1, 0.15) is 0 Å². The molecule has 10 heteroatoms. The van der Waals surface area contributed by atoms with Crippen molar-refractivity contribution in [1.82, 2.24) is 14.3 Å². The Morgan fingerprint density at radius 1 is 1.04 bits per heavy atom. The van der Waals surface area contributed by atoms with Crippen molar-refractivity contribution in [3.63, 3.8) is 0 Å². The topological polar surface area (TPSA) is 113 Å². The van der Waals surface area contributed by atoms with Crippen LogP contribution in [-0.4, -0.2) is 59.5 Å². The van der Waals surface area contributed by atoms with Gasteiger partial charge in [-0.1, -0.05) is 6.42 Å². The predicted molar refractivity (Wildman–Crippen MR) is 94.2 cm³/mol. The van der Waals surface area contributed by atoms with E-state index in [1.54, 1.807) is 0 Å². The van der Waals surface area contributed by atoms with Crippen LogP contribution in [0.25, 0.3) is 0 Å². The lowest BCUT2D eigenvalue weighted by molar-refractivity contribution is 0.0956. The van der Waals surface area contributed by atoms with Crippen molar-refractivity contribution in [2.24, 2.45) is 0 Å². The third kappa shape index (κ3) is 5.24. The van der Waals surface area contributed by atoms with Crippen LogP contribution in [0.15, 0.2) is 29.2 Å². The Morgan fingerprint density at radius 2 is 1.64 bits per heavy atom. The van der Waals surface area contributed by atoms with Gasteiger partial charge in [-0.15, -0.1) is 0 Å². The zero-order chi connectivity index (χ0) is 18.5. The third-order valence-corrected chi connectivity index (χ3v) is 7.31. The summed E-state index contributed by atoms with van der Waals surface area (Å²) in [5, 5.41) is 2.49. The number of sulfonamides is 2. The first-order chi connectivity index (χ1) is 11.8. The Hall–Kier alpha value is -1.49. The van der Waals surface area contributed by atoms with E-state index in [2.05, 4.69) is 10.0 Å². The Labute approximate surface area is 148 Å². The van der Waals surface area contributed by atoms with E-state index in [0.29, 0.717) is 13.1 Å². The number of benzene rings is 1. The van der Waals surface area contributed by atoms with Crippen LogP contribution in [0.5, 0.6) is 0 Å². The van der Waals surface area contributed by atoms with Gasteiger partial charge in [-0.05, 0) is 44.2 Å². The highest BCUT2D eigenvalue weighted by atomic mass is 32.2. The second-order valence-corrected chi connectivity index (χ2v) is 9.75. The minimum atomic E-state index is -3.53. The molecule has 1 aromatic carbocycles. The average Bonchev–Trinajstić information content (AvgIpc) is 2.62. The lowest BCUT2D eigenvalue weighted by Gasteiger charge is -2.25. The zero-order valence-electron chi connectivity index (χ0n) is 14.1. The molecule has 0 aromatic heterocycles. The summed E-state index contributed by atoms with van der Waals surface area (Å²) >= 11 is 0. The summed E-state index contributed by atoms with van der Waals surface area (Å²) in [7, 11) is -5.61. The Morgan fingerprint density at radius 3 is 2.20 bits per heavy atom. The number of nitrogens with zero attached hydrogens (tertiary/aromatic N) is 1. The van der Waals surface area contributed by atoms with Crippen molar-refractivity contribution in [3.05, 3.63) is 29.8 Å². The van der Waals surface area contributed by atoms with Gasteiger partial charge in [0.2, 0.25) is 20.0 Å². The molecular weight excluding hydrogens is 366 g/mol. The van der Waals surface area contributed by atoms with Crippen LogP contribution in [0, 0.1) is 0 Å². The Kier molecular flexibility index (Phi) is 6.55. The molecule has 25 heavy (non-hydrogen) atoms. The first kappa shape index (κ1) is 19.8. The third-order valence-electron chi connectivity index (χ3n) is 4.04. The van der Waals surface area contributed by atoms with E-state index in [-0.39, 0.29) is 22.8 Å². The van der Waals surface area contributed by atoms with E-state index >= 15 is 0 Å². The molecule has 1 aromatic rings. The standard InChI is InChI=1S/C15H23N3O5S2/c1-16-24(20,21)12-9-17-15(19)13-5-7-14(8-6-13)25(22,23)18-10-3-2-4-11-18/h5-8,16H,2-4,9-12H2,1H3,(H,17,19). The molecule has 1 saturated heterocycles. The van der Waals surface area contributed by atoms with Crippen molar-refractivity contribution in [3.8, 4) is 0 Å². The van der Waals surface area contributed by atoms with Crippen LogP contribution in [0.2, 0.25) is 0 Å². The van der Waals surface area contributed by atoms with Gasteiger partial charge in [-0.2, -0.15) is 4.31 Å². The van der Waals surface area contributed by atoms with Crippen LogP contribution < -0.4 is 10.0 Å². The van der Waals surface area contributed by atoms with Gasteiger partial charge in [0.05, 0.1) is 10.6 Å². The van der Waals surface area contributed by atoms with Crippen molar-refractivity contribution in [1.29, 1.82) is 0 Å². The monoisotopic (exact) mass is 389 g/mol. The highest BCUT2D eigenvalue weighted by molar-refractivity contribution is 7.89. The minimum Gasteiger partial charge on any atom is -0.351 e. The molecule has 0 saturated carbocycles. The number of carbonyl (C=O) groups excluding carboxylic acids is 1. The largest absolute Gasteiger partial charge is 0.351 e. The number of hydrogen-bond acceptors (Lipinski definition) is 5. The Bertz CT molecular complexity index is 798. The van der Waals surface area contributed by atoms with Gasteiger partial charge in [-0.3, -0.25) is 4.79 Å². The molecule has 0 atom stereocenters. The average molecular weight is 389 g/mol. The van der Waals surface area contributed by atoms with Crippen molar-refractivity contribution in [2.75, 3.05) is 32.4 Å². The van der Waals surface area contributed by atoms with Gasteiger partial charge in [0.25, 0.3) is 5.91 Å². The van der Waals surface area contributed by atoms with E-state index in [0.717, 1.165) is 19.3 Å². The fourth-order valence-corrected chi connectivity index (χ4v) is 4.63. The van der Waals surface area contributed by atoms with Crippen LogP contribution in [0.1, 0.15) is 29.6 Å². The van der Waals surface area contributed by atoms with E-state index in [4.69, 9.17) is 0 Å². The molecule has 2 N–H and O–H groups in total. The molecular formula is C15H23N3O5S2. The molecule has 2 rings (SSSR count). The molecule has 1 fully saturated rings. The molecule has 0 radical (unpaired) electrons. The number of nitrogens with one attached hydrogen (secondary N) is 2. The van der Waals surface area contributed by atoms with E-state index in [9.17, 15) is 21.6 Å². The summed E-state index contributed by atoms with van der Waals surface area (Å²) in [6.45, 7) is 1.00. The highest BCUT2D eigenvalue weighted by Gasteiger charge is 2.25. The minimum absolute atomic E-state index is 0.0319. The molecule has 0 aliphatic carbocycles. The van der Waals surface area contributed by atoms with Gasteiger partial charge < -0.3 is 5.32 Å². The first-order valence-electron chi connectivity index (χ1n) is 8.06. The van der Waals surface area contributed by atoms with Crippen LogP contribution in [0.3, 0.4) is 0 Å². The molecule has 1 amide bonds. The molecule has 0 bridgehead atoms. The summed E-state index contributed by atoms with van der Waals surface area (Å²) < 4.78 is 51.3. The maximum Gasteiger partial charge on any atom is 0.251 e. The van der Waals surface area contributed by atoms with Gasteiger partial charge in [0, 0.05) is 25.2 Å². The molecule has 1 aliphatic rings. The SMILES string of the molecule is CNS(=O)(=O)CCNC(=O)c1ccc(S(=O)(=O)N2CCCCC2)cc1. The van der Waals surface area contributed by atoms with Crippen LogP contribution in [0.4, 0.5) is 0 Å². The zero-order valence-corrected chi connectivity index (χ0v) is 15.7. The number of amides is 1. The molecule has 8 nitrogen and oxygen atoms in total. The molecule has 1 heterocycles. The van der Waals surface area contributed by atoms with E-state index in [1.165, 1.54) is 35.6 Å². The summed E-state index contributed by atoms with van der Waals surface area (Å²) in [5.41, 5.74) is 0.277. The number of carbonyl (C=O) groups is 1. The summed E-state index contributed by atoms with van der Waals surface area (Å²) in [5.74, 6) is -0.676. The highest BCUT2D eigenvalue weighted by Crippen LogP contribution is 2.20. The van der Waals surface area contributed by atoms with Crippen LogP contribution in [-0.2, 0) is 20.0 Å². The Balaban J connectivity index is 2.00. The normalized spacial score (nSPS) is 16.5. The number of piperidine rings is 1. The van der Waals surface area contributed by atoms with Crippen LogP contribution >= 0.6 is 0 Å². The fraction of sp³-hybridized carbons (Fsp3) is 0.533. The second kappa shape index (κ2) is 8.26. The number of hydrogen-bond donors (Lipinski definition) is 2. The molecule has 140 valence electrons.